The molecular weight excluding hydrogens is 536 g/mol. The first-order chi connectivity index (χ1) is 19.4. The van der Waals surface area contributed by atoms with Crippen molar-refractivity contribution in [3.8, 4) is 0 Å². The third-order valence-electron chi connectivity index (χ3n) is 7.09. The standard InChI is InChI=1S/C30H29F2N3O4S/c1-38-30(37)21-14-25-26(15-24(21)34-28(36)23-9-5-8-22(33-23)27(31)32)40-29(35-25)20-12-10-19(11-13-20)17-39-16-18-6-3-2-4-7-18/h2-9,14-15,19-20,27H,10-13,16-17H2,1H3,(H,34,36). The van der Waals surface area contributed by atoms with Gasteiger partial charge in [-0.05, 0) is 61.4 Å². The van der Waals surface area contributed by atoms with E-state index >= 15 is 0 Å². The number of nitrogens with one attached hydrogen (secondary N) is 1. The number of rotatable bonds is 9. The average molecular weight is 566 g/mol. The summed E-state index contributed by atoms with van der Waals surface area (Å²) in [6.45, 7) is 1.36. The molecule has 1 N–H and O–H groups in total. The van der Waals surface area contributed by atoms with Gasteiger partial charge >= 0.3 is 5.97 Å². The zero-order valence-corrected chi connectivity index (χ0v) is 22.8. The van der Waals surface area contributed by atoms with Crippen LogP contribution < -0.4 is 5.32 Å². The second kappa shape index (κ2) is 12.6. The number of methoxy groups -OCH3 is 1. The van der Waals surface area contributed by atoms with E-state index < -0.39 is 24.0 Å². The minimum atomic E-state index is -2.80. The molecule has 0 spiro atoms. The Morgan fingerprint density at radius 1 is 1.02 bits per heavy atom. The van der Waals surface area contributed by atoms with Crippen LogP contribution in [0.2, 0.25) is 0 Å². The molecule has 1 amide bonds. The molecule has 0 unspecified atom stereocenters. The van der Waals surface area contributed by atoms with Gasteiger partial charge in [0.1, 0.15) is 11.4 Å². The first-order valence-corrected chi connectivity index (χ1v) is 13.9. The van der Waals surface area contributed by atoms with Gasteiger partial charge in [-0.25, -0.2) is 23.5 Å². The summed E-state index contributed by atoms with van der Waals surface area (Å²) in [6, 6.07) is 17.3. The van der Waals surface area contributed by atoms with Crippen molar-refractivity contribution in [3.63, 3.8) is 0 Å². The molecule has 1 saturated carbocycles. The molecule has 0 saturated heterocycles. The summed E-state index contributed by atoms with van der Waals surface area (Å²) in [6.07, 6.45) is 1.29. The normalized spacial score (nSPS) is 17.2. The largest absolute Gasteiger partial charge is 0.465 e. The number of nitrogens with zero attached hydrogens (tertiary/aromatic N) is 2. The maximum Gasteiger partial charge on any atom is 0.340 e. The number of carbonyl (C=O) groups excluding carboxylic acids is 2. The highest BCUT2D eigenvalue weighted by atomic mass is 32.1. The van der Waals surface area contributed by atoms with E-state index in [1.165, 1.54) is 36.1 Å². The number of ether oxygens (including phenoxy) is 2. The molecule has 40 heavy (non-hydrogen) atoms. The zero-order valence-electron chi connectivity index (χ0n) is 21.9. The van der Waals surface area contributed by atoms with Gasteiger partial charge in [-0.2, -0.15) is 0 Å². The molecule has 2 heterocycles. The quantitative estimate of drug-likeness (QED) is 0.217. The summed E-state index contributed by atoms with van der Waals surface area (Å²) in [5.74, 6) is -0.524. The molecule has 0 aliphatic heterocycles. The van der Waals surface area contributed by atoms with E-state index in [1.807, 2.05) is 18.2 Å². The third kappa shape index (κ3) is 6.51. The molecule has 1 fully saturated rings. The van der Waals surface area contributed by atoms with E-state index in [0.29, 0.717) is 24.0 Å². The molecule has 2 aromatic heterocycles. The number of carbonyl (C=O) groups is 2. The predicted octanol–water partition coefficient (Wildman–Crippen LogP) is 7.16. The number of esters is 1. The Kier molecular flexibility index (Phi) is 8.76. The number of anilines is 1. The molecule has 1 aliphatic rings. The van der Waals surface area contributed by atoms with E-state index in [1.54, 1.807) is 12.1 Å². The number of halogens is 2. The van der Waals surface area contributed by atoms with Crippen LogP contribution in [0.5, 0.6) is 0 Å². The van der Waals surface area contributed by atoms with E-state index in [2.05, 4.69) is 22.4 Å². The fourth-order valence-corrected chi connectivity index (χ4v) is 6.09. The maximum absolute atomic E-state index is 13.1. The Balaban J connectivity index is 1.27. The number of benzene rings is 2. The van der Waals surface area contributed by atoms with Crippen molar-refractivity contribution < 1.29 is 27.8 Å². The van der Waals surface area contributed by atoms with Crippen molar-refractivity contribution in [2.24, 2.45) is 5.92 Å². The molecule has 2 aromatic carbocycles. The average Bonchev–Trinajstić information content (AvgIpc) is 3.40. The topological polar surface area (TPSA) is 90.4 Å². The highest BCUT2D eigenvalue weighted by Gasteiger charge is 2.26. The van der Waals surface area contributed by atoms with Crippen LogP contribution >= 0.6 is 11.3 Å². The van der Waals surface area contributed by atoms with Gasteiger partial charge in [0.2, 0.25) is 0 Å². The Morgan fingerprint density at radius 3 is 2.52 bits per heavy atom. The van der Waals surface area contributed by atoms with Crippen molar-refractivity contribution in [2.45, 2.75) is 44.6 Å². The highest BCUT2D eigenvalue weighted by molar-refractivity contribution is 7.18. The number of pyridine rings is 1. The highest BCUT2D eigenvalue weighted by Crippen LogP contribution is 2.40. The second-order valence-corrected chi connectivity index (χ2v) is 10.9. The molecule has 208 valence electrons. The lowest BCUT2D eigenvalue weighted by molar-refractivity contribution is 0.0602. The van der Waals surface area contributed by atoms with Crippen LogP contribution in [0.3, 0.4) is 0 Å². The van der Waals surface area contributed by atoms with Crippen molar-refractivity contribution in [3.05, 3.63) is 88.2 Å². The Bertz CT molecular complexity index is 1490. The van der Waals surface area contributed by atoms with Crippen LogP contribution in [-0.4, -0.2) is 35.6 Å². The number of alkyl halides is 2. The maximum atomic E-state index is 13.1. The summed E-state index contributed by atoms with van der Waals surface area (Å²) in [5.41, 5.74) is 1.48. The monoisotopic (exact) mass is 565 g/mol. The molecule has 7 nitrogen and oxygen atoms in total. The molecular formula is C30H29F2N3O4S. The van der Waals surface area contributed by atoms with Gasteiger partial charge in [-0.3, -0.25) is 4.79 Å². The fraction of sp³-hybridized carbons (Fsp3) is 0.333. The zero-order chi connectivity index (χ0) is 28.1. The molecule has 0 atom stereocenters. The van der Waals surface area contributed by atoms with Gasteiger partial charge in [0.15, 0.2) is 0 Å². The molecule has 1 aliphatic carbocycles. The summed E-state index contributed by atoms with van der Waals surface area (Å²) >= 11 is 1.53. The number of fused-ring (bicyclic) bond motifs is 1. The molecule has 4 aromatic rings. The number of aromatic nitrogens is 2. The lowest BCUT2D eigenvalue weighted by Gasteiger charge is -2.27. The lowest BCUT2D eigenvalue weighted by atomic mass is 9.83. The number of thiazole rings is 1. The van der Waals surface area contributed by atoms with Crippen LogP contribution in [0.15, 0.2) is 60.7 Å². The first-order valence-electron chi connectivity index (χ1n) is 13.1. The SMILES string of the molecule is COC(=O)c1cc2nc(C3CCC(COCc4ccccc4)CC3)sc2cc1NC(=O)c1cccc(C(F)F)n1. The van der Waals surface area contributed by atoms with Crippen LogP contribution in [-0.2, 0) is 16.1 Å². The lowest BCUT2D eigenvalue weighted by Crippen LogP contribution is -2.17. The fourth-order valence-electron chi connectivity index (χ4n) is 4.93. The van der Waals surface area contributed by atoms with Crippen LogP contribution in [0, 0.1) is 5.92 Å². The van der Waals surface area contributed by atoms with Gasteiger partial charge in [-0.15, -0.1) is 11.3 Å². The van der Waals surface area contributed by atoms with Crippen molar-refractivity contribution in [1.82, 2.24) is 9.97 Å². The van der Waals surface area contributed by atoms with Crippen LogP contribution in [0.4, 0.5) is 14.5 Å². The van der Waals surface area contributed by atoms with E-state index in [0.717, 1.165) is 48.1 Å². The molecule has 10 heteroatoms. The van der Waals surface area contributed by atoms with Gasteiger partial charge in [0, 0.05) is 12.5 Å². The Hall–Kier alpha value is -3.76. The smallest absolute Gasteiger partial charge is 0.340 e. The molecule has 5 rings (SSSR count). The second-order valence-electron chi connectivity index (χ2n) is 9.83. The number of hydrogen-bond donors (Lipinski definition) is 1. The van der Waals surface area contributed by atoms with Gasteiger partial charge in [-0.1, -0.05) is 36.4 Å². The summed E-state index contributed by atoms with van der Waals surface area (Å²) in [5, 5.41) is 3.63. The van der Waals surface area contributed by atoms with Gasteiger partial charge < -0.3 is 14.8 Å². The first kappa shape index (κ1) is 27.8. The van der Waals surface area contributed by atoms with Crippen LogP contribution in [0.25, 0.3) is 10.2 Å². The van der Waals surface area contributed by atoms with Crippen LogP contribution in [0.1, 0.15) is 75.1 Å². The van der Waals surface area contributed by atoms with E-state index in [9.17, 15) is 18.4 Å². The Morgan fingerprint density at radius 2 is 1.80 bits per heavy atom. The van der Waals surface area contributed by atoms with E-state index in [4.69, 9.17) is 14.5 Å². The summed E-state index contributed by atoms with van der Waals surface area (Å²) in [7, 11) is 1.25. The minimum Gasteiger partial charge on any atom is -0.465 e. The van der Waals surface area contributed by atoms with Gasteiger partial charge in [0.05, 0.1) is 40.2 Å². The van der Waals surface area contributed by atoms with Crippen molar-refractivity contribution in [1.29, 1.82) is 0 Å². The minimum absolute atomic E-state index is 0.129. The molecule has 0 radical (unpaired) electrons. The number of amides is 1. The van der Waals surface area contributed by atoms with Crippen molar-refractivity contribution in [2.75, 3.05) is 19.0 Å². The predicted molar refractivity (Wildman–Crippen MR) is 149 cm³/mol. The number of hydrogen-bond acceptors (Lipinski definition) is 7. The van der Waals surface area contributed by atoms with Gasteiger partial charge in [0.25, 0.3) is 12.3 Å². The summed E-state index contributed by atoms with van der Waals surface area (Å²) < 4.78 is 37.8. The third-order valence-corrected chi connectivity index (χ3v) is 8.27. The molecule has 0 bridgehead atoms. The van der Waals surface area contributed by atoms with E-state index in [-0.39, 0.29) is 16.9 Å². The Labute approximate surface area is 234 Å². The van der Waals surface area contributed by atoms with Crippen molar-refractivity contribution >= 4 is 39.1 Å². The summed E-state index contributed by atoms with van der Waals surface area (Å²) in [4.78, 5) is 33.9.